The lowest BCUT2D eigenvalue weighted by Gasteiger charge is -2.29. The molecular weight excluding hydrogens is 396 g/mol. The molecule has 160 valence electrons. The third-order valence-corrected chi connectivity index (χ3v) is 5.07. The van der Waals surface area contributed by atoms with Crippen molar-refractivity contribution in [2.24, 2.45) is 0 Å². The molecule has 0 radical (unpaired) electrons. The van der Waals surface area contributed by atoms with E-state index in [1.54, 1.807) is 6.07 Å². The Morgan fingerprint density at radius 3 is 2.58 bits per heavy atom. The van der Waals surface area contributed by atoms with Crippen molar-refractivity contribution in [3.05, 3.63) is 65.9 Å². The van der Waals surface area contributed by atoms with Crippen LogP contribution in [0, 0.1) is 6.92 Å². The van der Waals surface area contributed by atoms with Crippen molar-refractivity contribution in [1.29, 1.82) is 0 Å². The quantitative estimate of drug-likeness (QED) is 0.637. The minimum Gasteiger partial charge on any atom is -0.378 e. The summed E-state index contributed by atoms with van der Waals surface area (Å²) in [6, 6.07) is 16.8. The number of ether oxygens (including phenoxy) is 1. The molecule has 0 saturated carbocycles. The van der Waals surface area contributed by atoms with E-state index in [9.17, 15) is 9.59 Å². The van der Waals surface area contributed by atoms with Crippen LogP contribution in [0.2, 0.25) is 0 Å². The van der Waals surface area contributed by atoms with Gasteiger partial charge in [0.2, 0.25) is 5.91 Å². The second-order valence-electron chi connectivity index (χ2n) is 7.27. The summed E-state index contributed by atoms with van der Waals surface area (Å²) in [4.78, 5) is 26.9. The maximum Gasteiger partial charge on any atom is 0.273 e. The van der Waals surface area contributed by atoms with Crippen molar-refractivity contribution >= 4 is 23.2 Å². The lowest BCUT2D eigenvalue weighted by Crippen LogP contribution is -2.36. The number of rotatable bonds is 6. The average molecular weight is 420 g/mol. The number of hydrogen-bond acceptors (Lipinski definition) is 6. The summed E-state index contributed by atoms with van der Waals surface area (Å²) in [5.74, 6) is -0.297. The topological polar surface area (TPSA) is 96.7 Å². The molecule has 2 heterocycles. The predicted molar refractivity (Wildman–Crippen MR) is 117 cm³/mol. The smallest absolute Gasteiger partial charge is 0.273 e. The first-order valence-electron chi connectivity index (χ1n) is 10.1. The highest BCUT2D eigenvalue weighted by atomic mass is 16.5. The highest BCUT2D eigenvalue weighted by Crippen LogP contribution is 2.23. The third-order valence-electron chi connectivity index (χ3n) is 5.07. The van der Waals surface area contributed by atoms with E-state index >= 15 is 0 Å². The monoisotopic (exact) mass is 420 g/mol. The first kappa shape index (κ1) is 20.6. The van der Waals surface area contributed by atoms with E-state index in [0.717, 1.165) is 43.1 Å². The molecule has 0 bridgehead atoms. The Balaban J connectivity index is 1.31. The molecule has 0 unspecified atom stereocenters. The molecule has 1 saturated heterocycles. The zero-order valence-electron chi connectivity index (χ0n) is 17.3. The third kappa shape index (κ3) is 5.10. The molecule has 8 nitrogen and oxygen atoms in total. The fraction of sp³-hybridized carbons (Fsp3) is 0.261. The van der Waals surface area contributed by atoms with E-state index in [-0.39, 0.29) is 18.1 Å². The van der Waals surface area contributed by atoms with Gasteiger partial charge in [0.1, 0.15) is 0 Å². The van der Waals surface area contributed by atoms with Gasteiger partial charge in [0.15, 0.2) is 11.5 Å². The van der Waals surface area contributed by atoms with E-state index in [0.29, 0.717) is 11.4 Å². The number of benzene rings is 2. The minimum atomic E-state index is -0.472. The van der Waals surface area contributed by atoms with Crippen LogP contribution in [0.15, 0.2) is 59.1 Å². The van der Waals surface area contributed by atoms with Crippen LogP contribution in [0.1, 0.15) is 16.1 Å². The van der Waals surface area contributed by atoms with Crippen LogP contribution >= 0.6 is 0 Å². The molecule has 2 amide bonds. The number of morpholine rings is 1. The maximum absolute atomic E-state index is 12.3. The van der Waals surface area contributed by atoms with Crippen LogP contribution < -0.4 is 15.5 Å². The summed E-state index contributed by atoms with van der Waals surface area (Å²) in [6.07, 6.45) is 0. The van der Waals surface area contributed by atoms with Gasteiger partial charge in [-0.1, -0.05) is 35.5 Å². The fourth-order valence-corrected chi connectivity index (χ4v) is 3.37. The van der Waals surface area contributed by atoms with Gasteiger partial charge in [0, 0.05) is 36.1 Å². The lowest BCUT2D eigenvalue weighted by atomic mass is 10.1. The van der Waals surface area contributed by atoms with Gasteiger partial charge in [-0.2, -0.15) is 0 Å². The van der Waals surface area contributed by atoms with E-state index in [4.69, 9.17) is 9.26 Å². The van der Waals surface area contributed by atoms with Gasteiger partial charge < -0.3 is 24.8 Å². The van der Waals surface area contributed by atoms with Gasteiger partial charge in [0.05, 0.1) is 19.8 Å². The predicted octanol–water partition coefficient (Wildman–Crippen LogP) is 2.86. The van der Waals surface area contributed by atoms with Crippen molar-refractivity contribution in [3.63, 3.8) is 0 Å². The van der Waals surface area contributed by atoms with Crippen LogP contribution in [0.25, 0.3) is 11.3 Å². The Hall–Kier alpha value is -3.65. The molecule has 4 rings (SSSR count). The number of aromatic nitrogens is 1. The molecule has 8 heteroatoms. The van der Waals surface area contributed by atoms with Gasteiger partial charge in [-0.25, -0.2) is 0 Å². The molecule has 0 aliphatic carbocycles. The van der Waals surface area contributed by atoms with Gasteiger partial charge in [-0.3, -0.25) is 9.59 Å². The number of nitrogens with one attached hydrogen (secondary N) is 2. The Bertz CT molecular complexity index is 1060. The van der Waals surface area contributed by atoms with Crippen LogP contribution in [0.4, 0.5) is 11.4 Å². The molecule has 1 aliphatic heterocycles. The minimum absolute atomic E-state index is 0.123. The van der Waals surface area contributed by atoms with Gasteiger partial charge in [-0.15, -0.1) is 0 Å². The second kappa shape index (κ2) is 9.44. The zero-order valence-corrected chi connectivity index (χ0v) is 17.3. The molecule has 1 fully saturated rings. The summed E-state index contributed by atoms with van der Waals surface area (Å²) in [5, 5.41) is 9.20. The largest absolute Gasteiger partial charge is 0.378 e. The summed E-state index contributed by atoms with van der Waals surface area (Å²) in [7, 11) is 0. The summed E-state index contributed by atoms with van der Waals surface area (Å²) in [6.45, 7) is 4.91. The highest BCUT2D eigenvalue weighted by molar-refractivity contribution is 5.99. The SMILES string of the molecule is Cc1cc(N2CCOCC2)ccc1NC(=O)CNC(=O)c1cc(-c2ccccc2)on1. The van der Waals surface area contributed by atoms with E-state index < -0.39 is 5.91 Å². The standard InChI is InChI=1S/C23H24N4O4/c1-16-13-18(27-9-11-30-12-10-27)7-8-19(16)25-22(28)15-24-23(29)20-14-21(31-26-20)17-5-3-2-4-6-17/h2-8,13-14H,9-12,15H2,1H3,(H,24,29)(H,25,28). The number of aryl methyl sites for hydroxylation is 1. The van der Waals surface area contributed by atoms with E-state index in [1.165, 1.54) is 0 Å². The van der Waals surface area contributed by atoms with Crippen molar-refractivity contribution in [3.8, 4) is 11.3 Å². The molecule has 2 N–H and O–H groups in total. The normalized spacial score (nSPS) is 13.6. The molecule has 31 heavy (non-hydrogen) atoms. The number of anilines is 2. The van der Waals surface area contributed by atoms with Crippen molar-refractivity contribution in [2.45, 2.75) is 6.92 Å². The Morgan fingerprint density at radius 1 is 1.06 bits per heavy atom. The van der Waals surface area contributed by atoms with Gasteiger partial charge in [-0.05, 0) is 30.7 Å². The van der Waals surface area contributed by atoms with Crippen molar-refractivity contribution < 1.29 is 18.8 Å². The molecule has 0 spiro atoms. The fourth-order valence-electron chi connectivity index (χ4n) is 3.37. The zero-order chi connectivity index (χ0) is 21.6. The number of carbonyl (C=O) groups is 2. The number of amides is 2. The Labute approximate surface area is 180 Å². The summed E-state index contributed by atoms with van der Waals surface area (Å²) >= 11 is 0. The maximum atomic E-state index is 12.3. The number of carbonyl (C=O) groups excluding carboxylic acids is 2. The van der Waals surface area contributed by atoms with Crippen LogP contribution in [0.3, 0.4) is 0 Å². The number of nitrogens with zero attached hydrogens (tertiary/aromatic N) is 2. The molecule has 2 aromatic carbocycles. The van der Waals surface area contributed by atoms with E-state index in [1.807, 2.05) is 55.5 Å². The Kier molecular flexibility index (Phi) is 6.28. The molecular formula is C23H24N4O4. The molecule has 0 atom stereocenters. The summed E-state index contributed by atoms with van der Waals surface area (Å²) in [5.41, 5.74) is 3.71. The first-order chi connectivity index (χ1) is 15.1. The van der Waals surface area contributed by atoms with Crippen LogP contribution in [-0.2, 0) is 9.53 Å². The Morgan fingerprint density at radius 2 is 1.84 bits per heavy atom. The van der Waals surface area contributed by atoms with Crippen LogP contribution in [0.5, 0.6) is 0 Å². The second-order valence-corrected chi connectivity index (χ2v) is 7.27. The first-order valence-corrected chi connectivity index (χ1v) is 10.1. The van der Waals surface area contributed by atoms with Crippen molar-refractivity contribution in [1.82, 2.24) is 10.5 Å². The van der Waals surface area contributed by atoms with Gasteiger partial charge in [0.25, 0.3) is 5.91 Å². The van der Waals surface area contributed by atoms with E-state index in [2.05, 4.69) is 20.7 Å². The van der Waals surface area contributed by atoms with Crippen molar-refractivity contribution in [2.75, 3.05) is 43.1 Å². The number of hydrogen-bond donors (Lipinski definition) is 2. The lowest BCUT2D eigenvalue weighted by molar-refractivity contribution is -0.115. The highest BCUT2D eigenvalue weighted by Gasteiger charge is 2.16. The van der Waals surface area contributed by atoms with Gasteiger partial charge >= 0.3 is 0 Å². The molecule has 1 aliphatic rings. The molecule has 1 aromatic heterocycles. The average Bonchev–Trinajstić information content (AvgIpc) is 3.30. The molecule has 3 aromatic rings. The van der Waals surface area contributed by atoms with Crippen LogP contribution in [-0.4, -0.2) is 49.8 Å². The summed E-state index contributed by atoms with van der Waals surface area (Å²) < 4.78 is 10.6.